The molecule has 1 N–H and O–H groups in total. The maximum atomic E-state index is 12.7. The van der Waals surface area contributed by atoms with Crippen LogP contribution in [-0.2, 0) is 0 Å². The van der Waals surface area contributed by atoms with Crippen molar-refractivity contribution >= 4 is 5.91 Å². The van der Waals surface area contributed by atoms with E-state index in [0.717, 1.165) is 41.6 Å². The number of carbonyl (C=O) groups is 1. The van der Waals surface area contributed by atoms with Crippen molar-refractivity contribution in [2.45, 2.75) is 90.6 Å². The summed E-state index contributed by atoms with van der Waals surface area (Å²) in [5.74, 6) is 4.41. The fraction of sp³-hybridized carbons (Fsp3) is 0.793. The largest absolute Gasteiger partial charge is 0.349 e. The Kier molecular flexibility index (Phi) is 6.12. The fourth-order valence-corrected chi connectivity index (χ4v) is 9.35. The van der Waals surface area contributed by atoms with Crippen molar-refractivity contribution in [1.29, 1.82) is 0 Å². The summed E-state index contributed by atoms with van der Waals surface area (Å²) in [6.07, 6.45) is 15.5. The van der Waals surface area contributed by atoms with Crippen LogP contribution in [-0.4, -0.2) is 42.0 Å². The number of carbonyl (C=O) groups excluding carboxylic acids is 1. The zero-order chi connectivity index (χ0) is 23.4. The number of hydrogen-bond donors (Lipinski definition) is 1. The molecule has 4 aliphatic rings. The molecule has 5 rings (SSSR count). The summed E-state index contributed by atoms with van der Waals surface area (Å²) in [7, 11) is 4.54. The summed E-state index contributed by atoms with van der Waals surface area (Å²) < 4.78 is 0. The van der Waals surface area contributed by atoms with Crippen molar-refractivity contribution in [3.8, 4) is 0 Å². The minimum Gasteiger partial charge on any atom is -0.349 e. The summed E-state index contributed by atoms with van der Waals surface area (Å²) in [4.78, 5) is 19.2. The third-order valence-electron chi connectivity index (χ3n) is 11.4. The first-order chi connectivity index (χ1) is 15.7. The van der Waals surface area contributed by atoms with E-state index in [4.69, 9.17) is 0 Å². The van der Waals surface area contributed by atoms with Crippen molar-refractivity contribution in [3.63, 3.8) is 0 Å². The number of amides is 1. The van der Waals surface area contributed by atoms with Crippen LogP contribution in [0.5, 0.6) is 0 Å². The lowest BCUT2D eigenvalue weighted by Crippen LogP contribution is -2.56. The molecule has 0 aliphatic heterocycles. The molecule has 4 heteroatoms. The molecule has 9 atom stereocenters. The zero-order valence-electron chi connectivity index (χ0n) is 21.5. The SMILES string of the molecule is C[C@H]([C@H]1CC[C@@H]2[C@@H]3CC[C@H]4C[C@@H](NC(=O)c5ccncc5)CC[C@]4(C)[C@H]3CC[C@@]21C)N(C)C. The first-order valence-electron chi connectivity index (χ1n) is 13.6. The minimum absolute atomic E-state index is 0.0696. The monoisotopic (exact) mass is 451 g/mol. The number of hydrogen-bond acceptors (Lipinski definition) is 3. The molecule has 0 bridgehead atoms. The van der Waals surface area contributed by atoms with Gasteiger partial charge in [-0.3, -0.25) is 9.78 Å². The number of rotatable bonds is 4. The predicted molar refractivity (Wildman–Crippen MR) is 134 cm³/mol. The summed E-state index contributed by atoms with van der Waals surface area (Å²) >= 11 is 0. The van der Waals surface area contributed by atoms with E-state index in [1.54, 1.807) is 12.4 Å². The zero-order valence-corrected chi connectivity index (χ0v) is 21.5. The molecule has 1 amide bonds. The lowest BCUT2D eigenvalue weighted by atomic mass is 9.44. The standard InChI is InChI=1S/C29H45N3O/c1-19(32(4)5)24-8-9-25-23-7-6-21-18-22(31-27(33)20-12-16-30-17-13-20)10-14-28(21,2)26(23)11-15-29(24,25)3/h12-13,16-17,19,21-26H,6-11,14-15,18H2,1-5H3,(H,31,33)/t19-,21+,22+,23+,24-,25-,26+,28+,29-/m1/s1. The quantitative estimate of drug-likeness (QED) is 0.630. The number of fused-ring (bicyclic) bond motifs is 5. The summed E-state index contributed by atoms with van der Waals surface area (Å²) in [6.45, 7) is 7.75. The van der Waals surface area contributed by atoms with Gasteiger partial charge in [0.25, 0.3) is 5.91 Å². The van der Waals surface area contributed by atoms with Crippen LogP contribution in [0.1, 0.15) is 88.9 Å². The summed E-state index contributed by atoms with van der Waals surface area (Å²) in [5, 5.41) is 3.36. The molecule has 4 aliphatic carbocycles. The Balaban J connectivity index is 1.27. The molecule has 0 saturated heterocycles. The molecule has 0 unspecified atom stereocenters. The van der Waals surface area contributed by atoms with Gasteiger partial charge in [0.15, 0.2) is 0 Å². The van der Waals surface area contributed by atoms with Crippen LogP contribution in [0.15, 0.2) is 24.5 Å². The molecular weight excluding hydrogens is 406 g/mol. The van der Waals surface area contributed by atoms with Gasteiger partial charge < -0.3 is 10.2 Å². The first kappa shape index (κ1) is 23.3. The van der Waals surface area contributed by atoms with Gasteiger partial charge >= 0.3 is 0 Å². The number of nitrogens with one attached hydrogen (secondary N) is 1. The second kappa shape index (κ2) is 8.66. The summed E-state index contributed by atoms with van der Waals surface area (Å²) in [6, 6.07) is 4.64. The van der Waals surface area contributed by atoms with E-state index < -0.39 is 0 Å². The molecule has 0 spiro atoms. The Labute approximate surface area is 201 Å². The van der Waals surface area contributed by atoms with Gasteiger partial charge in [0, 0.05) is 30.0 Å². The smallest absolute Gasteiger partial charge is 0.251 e. The Morgan fingerprint density at radius 2 is 1.70 bits per heavy atom. The first-order valence-corrected chi connectivity index (χ1v) is 13.6. The fourth-order valence-electron chi connectivity index (χ4n) is 9.35. The van der Waals surface area contributed by atoms with Crippen molar-refractivity contribution in [2.24, 2.45) is 40.4 Å². The number of pyridine rings is 1. The molecule has 0 radical (unpaired) electrons. The lowest BCUT2D eigenvalue weighted by Gasteiger charge is -2.61. The van der Waals surface area contributed by atoms with Crippen LogP contribution >= 0.6 is 0 Å². The van der Waals surface area contributed by atoms with Gasteiger partial charge in [0.1, 0.15) is 0 Å². The number of aromatic nitrogens is 1. The van der Waals surface area contributed by atoms with E-state index in [1.165, 1.54) is 51.4 Å². The highest BCUT2D eigenvalue weighted by atomic mass is 16.1. The average Bonchev–Trinajstić information content (AvgIpc) is 3.16. The molecule has 1 heterocycles. The Bertz CT molecular complexity index is 856. The van der Waals surface area contributed by atoms with Gasteiger partial charge in [0.05, 0.1) is 0 Å². The molecule has 1 aromatic rings. The van der Waals surface area contributed by atoms with E-state index in [9.17, 15) is 4.79 Å². The van der Waals surface area contributed by atoms with Gasteiger partial charge in [0.2, 0.25) is 0 Å². The Morgan fingerprint density at radius 3 is 2.42 bits per heavy atom. The molecule has 4 saturated carbocycles. The maximum Gasteiger partial charge on any atom is 0.251 e. The van der Waals surface area contributed by atoms with Crippen LogP contribution < -0.4 is 5.32 Å². The van der Waals surface area contributed by atoms with E-state index in [0.29, 0.717) is 22.9 Å². The van der Waals surface area contributed by atoms with E-state index >= 15 is 0 Å². The van der Waals surface area contributed by atoms with Crippen LogP contribution in [0.2, 0.25) is 0 Å². The van der Waals surface area contributed by atoms with Crippen molar-refractivity contribution < 1.29 is 4.79 Å². The minimum atomic E-state index is 0.0696. The second-order valence-corrected chi connectivity index (χ2v) is 12.8. The molecule has 4 nitrogen and oxygen atoms in total. The van der Waals surface area contributed by atoms with Gasteiger partial charge in [-0.05, 0) is 131 Å². The van der Waals surface area contributed by atoms with Crippen LogP contribution in [0.25, 0.3) is 0 Å². The topological polar surface area (TPSA) is 45.2 Å². The summed E-state index contributed by atoms with van der Waals surface area (Å²) in [5.41, 5.74) is 1.73. The average molecular weight is 452 g/mol. The molecule has 1 aromatic heterocycles. The molecular formula is C29H45N3O. The molecule has 4 fully saturated rings. The molecule has 33 heavy (non-hydrogen) atoms. The van der Waals surface area contributed by atoms with E-state index in [1.807, 2.05) is 12.1 Å². The number of nitrogens with zero attached hydrogens (tertiary/aromatic N) is 2. The van der Waals surface area contributed by atoms with Crippen molar-refractivity contribution in [3.05, 3.63) is 30.1 Å². The highest BCUT2D eigenvalue weighted by Gasteiger charge is 2.60. The van der Waals surface area contributed by atoms with Gasteiger partial charge in [-0.2, -0.15) is 0 Å². The van der Waals surface area contributed by atoms with Crippen molar-refractivity contribution in [1.82, 2.24) is 15.2 Å². The maximum absolute atomic E-state index is 12.7. The second-order valence-electron chi connectivity index (χ2n) is 12.8. The third kappa shape index (κ3) is 3.85. The van der Waals surface area contributed by atoms with Crippen LogP contribution in [0, 0.1) is 40.4 Å². The Hall–Kier alpha value is -1.42. The normalized spacial score (nSPS) is 43.3. The predicted octanol–water partition coefficient (Wildman–Crippen LogP) is 5.79. The highest BCUT2D eigenvalue weighted by Crippen LogP contribution is 2.67. The van der Waals surface area contributed by atoms with Crippen LogP contribution in [0.4, 0.5) is 0 Å². The van der Waals surface area contributed by atoms with Crippen LogP contribution in [0.3, 0.4) is 0 Å². The van der Waals surface area contributed by atoms with Gasteiger partial charge in [-0.15, -0.1) is 0 Å². The van der Waals surface area contributed by atoms with Gasteiger partial charge in [-0.25, -0.2) is 0 Å². The highest BCUT2D eigenvalue weighted by molar-refractivity contribution is 5.94. The van der Waals surface area contributed by atoms with E-state index in [-0.39, 0.29) is 5.91 Å². The van der Waals surface area contributed by atoms with E-state index in [2.05, 4.69) is 50.1 Å². The lowest BCUT2D eigenvalue weighted by molar-refractivity contribution is -0.117. The molecule has 0 aromatic carbocycles. The van der Waals surface area contributed by atoms with Crippen molar-refractivity contribution in [2.75, 3.05) is 14.1 Å². The Morgan fingerprint density at radius 1 is 1.00 bits per heavy atom. The third-order valence-corrected chi connectivity index (χ3v) is 11.4. The molecule has 182 valence electrons. The van der Waals surface area contributed by atoms with Gasteiger partial charge in [-0.1, -0.05) is 13.8 Å².